The normalized spacial score (nSPS) is 17.3. The number of hydrogen-bond donors (Lipinski definition) is 1. The summed E-state index contributed by atoms with van der Waals surface area (Å²) in [5.41, 5.74) is 3.88. The lowest BCUT2D eigenvalue weighted by Crippen LogP contribution is -2.22. The second kappa shape index (κ2) is 6.50. The van der Waals surface area contributed by atoms with Gasteiger partial charge in [-0.05, 0) is 61.2 Å². The van der Waals surface area contributed by atoms with E-state index in [9.17, 15) is 0 Å². The van der Waals surface area contributed by atoms with Crippen LogP contribution in [0.1, 0.15) is 35.6 Å². The predicted molar refractivity (Wildman–Crippen MR) is 87.0 cm³/mol. The second-order valence-electron chi connectivity index (χ2n) is 5.47. The van der Waals surface area contributed by atoms with Crippen molar-refractivity contribution in [3.8, 4) is 5.75 Å². The highest BCUT2D eigenvalue weighted by Gasteiger charge is 2.21. The Hall–Kier alpha value is -1.51. The summed E-state index contributed by atoms with van der Waals surface area (Å²) in [4.78, 5) is 0. The van der Waals surface area contributed by atoms with Crippen LogP contribution in [0.25, 0.3) is 0 Å². The summed E-state index contributed by atoms with van der Waals surface area (Å²) in [6, 6.07) is 14.6. The molecule has 110 valence electrons. The zero-order valence-electron chi connectivity index (χ0n) is 12.2. The van der Waals surface area contributed by atoms with Crippen LogP contribution in [-0.4, -0.2) is 7.05 Å². The second-order valence-corrected chi connectivity index (χ2v) is 5.91. The van der Waals surface area contributed by atoms with Crippen LogP contribution in [0.2, 0.25) is 5.02 Å². The smallest absolute Gasteiger partial charge is 0.123 e. The van der Waals surface area contributed by atoms with Gasteiger partial charge in [0.1, 0.15) is 12.4 Å². The first-order chi connectivity index (χ1) is 10.3. The van der Waals surface area contributed by atoms with E-state index >= 15 is 0 Å². The summed E-state index contributed by atoms with van der Waals surface area (Å²) in [5.74, 6) is 1.02. The van der Waals surface area contributed by atoms with Gasteiger partial charge < -0.3 is 10.1 Å². The molecule has 3 rings (SSSR count). The van der Waals surface area contributed by atoms with Crippen molar-refractivity contribution < 1.29 is 4.74 Å². The van der Waals surface area contributed by atoms with Crippen LogP contribution in [0.4, 0.5) is 0 Å². The van der Waals surface area contributed by atoms with Crippen LogP contribution in [-0.2, 0) is 13.0 Å². The standard InChI is InChI=1S/C18H20ClNO/c1-20-17-6-2-5-16-15(17)4-3-7-18(16)21-12-13-8-10-14(19)11-9-13/h3-4,7-11,17,20H,2,5-6,12H2,1H3. The molecule has 3 heteroatoms. The van der Waals surface area contributed by atoms with E-state index in [0.29, 0.717) is 12.6 Å². The van der Waals surface area contributed by atoms with E-state index in [-0.39, 0.29) is 0 Å². The first-order valence-electron chi connectivity index (χ1n) is 7.44. The minimum atomic E-state index is 0.452. The molecule has 0 aromatic heterocycles. The van der Waals surface area contributed by atoms with Crippen LogP contribution >= 0.6 is 11.6 Å². The molecule has 1 N–H and O–H groups in total. The Morgan fingerprint density at radius 1 is 1.19 bits per heavy atom. The highest BCUT2D eigenvalue weighted by molar-refractivity contribution is 6.30. The Morgan fingerprint density at radius 3 is 2.76 bits per heavy atom. The van der Waals surface area contributed by atoms with Crippen molar-refractivity contribution in [3.05, 3.63) is 64.2 Å². The lowest BCUT2D eigenvalue weighted by Gasteiger charge is -2.26. The predicted octanol–water partition coefficient (Wildman–Crippen LogP) is 4.52. The molecule has 0 aliphatic heterocycles. The largest absolute Gasteiger partial charge is 0.489 e. The quantitative estimate of drug-likeness (QED) is 0.897. The van der Waals surface area contributed by atoms with Gasteiger partial charge in [-0.3, -0.25) is 0 Å². The van der Waals surface area contributed by atoms with Gasteiger partial charge in [0, 0.05) is 11.1 Å². The Kier molecular flexibility index (Phi) is 4.47. The summed E-state index contributed by atoms with van der Waals surface area (Å²) in [5, 5.41) is 4.15. The molecular weight excluding hydrogens is 282 g/mol. The molecule has 0 fully saturated rings. The van der Waals surface area contributed by atoms with Gasteiger partial charge >= 0.3 is 0 Å². The lowest BCUT2D eigenvalue weighted by molar-refractivity contribution is 0.300. The van der Waals surface area contributed by atoms with E-state index < -0.39 is 0 Å². The molecule has 0 amide bonds. The molecule has 2 nitrogen and oxygen atoms in total. The van der Waals surface area contributed by atoms with Gasteiger partial charge in [0.25, 0.3) is 0 Å². The number of halogens is 1. The molecule has 1 aliphatic carbocycles. The van der Waals surface area contributed by atoms with Gasteiger partial charge in [-0.15, -0.1) is 0 Å². The van der Waals surface area contributed by atoms with Gasteiger partial charge in [-0.25, -0.2) is 0 Å². The number of ether oxygens (including phenoxy) is 1. The third kappa shape index (κ3) is 3.22. The molecule has 21 heavy (non-hydrogen) atoms. The summed E-state index contributed by atoms with van der Waals surface area (Å²) in [6.07, 6.45) is 3.51. The molecule has 1 unspecified atom stereocenters. The highest BCUT2D eigenvalue weighted by atomic mass is 35.5. The molecule has 0 radical (unpaired) electrons. The third-order valence-corrected chi connectivity index (χ3v) is 4.37. The molecule has 1 aliphatic rings. The van der Waals surface area contributed by atoms with Gasteiger partial charge in [-0.1, -0.05) is 35.9 Å². The maximum absolute atomic E-state index is 6.05. The summed E-state index contributed by atoms with van der Waals surface area (Å²) >= 11 is 5.91. The number of fused-ring (bicyclic) bond motifs is 1. The van der Waals surface area contributed by atoms with E-state index in [1.165, 1.54) is 24.0 Å². The first kappa shape index (κ1) is 14.4. The molecule has 2 aromatic rings. The van der Waals surface area contributed by atoms with Gasteiger partial charge in [-0.2, -0.15) is 0 Å². The number of rotatable bonds is 4. The third-order valence-electron chi connectivity index (χ3n) is 4.12. The van der Waals surface area contributed by atoms with E-state index in [4.69, 9.17) is 16.3 Å². The number of benzene rings is 2. The van der Waals surface area contributed by atoms with E-state index in [2.05, 4.69) is 23.5 Å². The molecule has 0 spiro atoms. The Morgan fingerprint density at radius 2 is 2.00 bits per heavy atom. The summed E-state index contributed by atoms with van der Waals surface area (Å²) < 4.78 is 6.05. The van der Waals surface area contributed by atoms with Crippen molar-refractivity contribution in [1.29, 1.82) is 0 Å². The minimum Gasteiger partial charge on any atom is -0.489 e. The summed E-state index contributed by atoms with van der Waals surface area (Å²) in [6.45, 7) is 0.581. The fourth-order valence-electron chi connectivity index (χ4n) is 2.99. The Labute approximate surface area is 131 Å². The average Bonchev–Trinajstić information content (AvgIpc) is 2.53. The fraction of sp³-hybridized carbons (Fsp3) is 0.333. The number of nitrogens with one attached hydrogen (secondary N) is 1. The van der Waals surface area contributed by atoms with Crippen molar-refractivity contribution in [3.63, 3.8) is 0 Å². The number of hydrogen-bond acceptors (Lipinski definition) is 2. The van der Waals surface area contributed by atoms with Crippen LogP contribution in [0.3, 0.4) is 0 Å². The van der Waals surface area contributed by atoms with E-state index in [1.807, 2.05) is 31.3 Å². The van der Waals surface area contributed by atoms with Gasteiger partial charge in [0.2, 0.25) is 0 Å². The average molecular weight is 302 g/mol. The Balaban J connectivity index is 1.78. The van der Waals surface area contributed by atoms with Crippen LogP contribution < -0.4 is 10.1 Å². The van der Waals surface area contributed by atoms with E-state index in [1.54, 1.807) is 0 Å². The topological polar surface area (TPSA) is 21.3 Å². The molecular formula is C18H20ClNO. The first-order valence-corrected chi connectivity index (χ1v) is 7.82. The van der Waals surface area contributed by atoms with Crippen molar-refractivity contribution in [2.24, 2.45) is 0 Å². The molecule has 0 saturated heterocycles. The van der Waals surface area contributed by atoms with Crippen molar-refractivity contribution in [2.45, 2.75) is 31.9 Å². The molecule has 0 heterocycles. The molecule has 0 saturated carbocycles. The van der Waals surface area contributed by atoms with Crippen molar-refractivity contribution >= 4 is 11.6 Å². The highest BCUT2D eigenvalue weighted by Crippen LogP contribution is 2.35. The maximum Gasteiger partial charge on any atom is 0.123 e. The van der Waals surface area contributed by atoms with Crippen molar-refractivity contribution in [2.75, 3.05) is 7.05 Å². The zero-order chi connectivity index (χ0) is 14.7. The Bertz CT molecular complexity index is 609. The maximum atomic E-state index is 6.05. The molecule has 1 atom stereocenters. The fourth-order valence-corrected chi connectivity index (χ4v) is 3.12. The SMILES string of the molecule is CNC1CCCc2c(OCc3ccc(Cl)cc3)cccc21. The lowest BCUT2D eigenvalue weighted by atomic mass is 9.87. The van der Waals surface area contributed by atoms with Crippen LogP contribution in [0.15, 0.2) is 42.5 Å². The zero-order valence-corrected chi connectivity index (χ0v) is 13.0. The van der Waals surface area contributed by atoms with Crippen molar-refractivity contribution in [1.82, 2.24) is 5.32 Å². The molecule has 2 aromatic carbocycles. The monoisotopic (exact) mass is 301 g/mol. The van der Waals surface area contributed by atoms with Gasteiger partial charge in [0.15, 0.2) is 0 Å². The van der Waals surface area contributed by atoms with Gasteiger partial charge in [0.05, 0.1) is 0 Å². The molecule has 0 bridgehead atoms. The van der Waals surface area contributed by atoms with E-state index in [0.717, 1.165) is 22.8 Å². The van der Waals surface area contributed by atoms with Crippen LogP contribution in [0.5, 0.6) is 5.75 Å². The summed E-state index contributed by atoms with van der Waals surface area (Å²) in [7, 11) is 2.03. The van der Waals surface area contributed by atoms with Crippen LogP contribution in [0, 0.1) is 0 Å². The minimum absolute atomic E-state index is 0.452.